The Labute approximate surface area is 173 Å². The molecule has 0 saturated heterocycles. The number of para-hydroxylation sites is 1. The van der Waals surface area contributed by atoms with E-state index in [-0.39, 0.29) is 0 Å². The molecular formula is C25H29NO3. The van der Waals surface area contributed by atoms with Gasteiger partial charge in [0.05, 0.1) is 20.3 Å². The molecule has 0 aliphatic rings. The van der Waals surface area contributed by atoms with Crippen LogP contribution in [0, 0.1) is 0 Å². The largest absolute Gasteiger partial charge is 0.493 e. The number of hydrogen-bond donors (Lipinski definition) is 1. The van der Waals surface area contributed by atoms with E-state index in [1.165, 1.54) is 5.56 Å². The molecule has 0 saturated carbocycles. The predicted octanol–water partition coefficient (Wildman–Crippen LogP) is 4.31. The second-order valence-electron chi connectivity index (χ2n) is 7.15. The summed E-state index contributed by atoms with van der Waals surface area (Å²) in [6, 6.07) is 26.3. The summed E-state index contributed by atoms with van der Waals surface area (Å²) in [5.41, 5.74) is 3.38. The average molecular weight is 392 g/mol. The van der Waals surface area contributed by atoms with Crippen LogP contribution in [0.1, 0.15) is 16.7 Å². The molecule has 29 heavy (non-hydrogen) atoms. The Morgan fingerprint density at radius 1 is 0.759 bits per heavy atom. The topological polar surface area (TPSA) is 41.9 Å². The third-order valence-electron chi connectivity index (χ3n) is 4.91. The molecule has 1 N–H and O–H groups in total. The minimum absolute atomic E-state index is 0.460. The zero-order valence-corrected chi connectivity index (χ0v) is 17.1. The minimum atomic E-state index is -0.460. The van der Waals surface area contributed by atoms with Crippen LogP contribution >= 0.6 is 0 Å². The van der Waals surface area contributed by atoms with Gasteiger partial charge in [-0.1, -0.05) is 72.8 Å². The van der Waals surface area contributed by atoms with Crippen molar-refractivity contribution in [1.82, 2.24) is 4.90 Å². The predicted molar refractivity (Wildman–Crippen MR) is 116 cm³/mol. The SMILES string of the molecule is COc1cccc(CN(Cc2ccccc2)CC(O)Cc2ccccc2)c1OC. The van der Waals surface area contributed by atoms with Gasteiger partial charge in [-0.25, -0.2) is 0 Å². The number of methoxy groups -OCH3 is 2. The van der Waals surface area contributed by atoms with Crippen molar-refractivity contribution in [3.8, 4) is 11.5 Å². The summed E-state index contributed by atoms with van der Waals surface area (Å²) in [6.07, 6.45) is 0.166. The van der Waals surface area contributed by atoms with Crippen LogP contribution in [0.4, 0.5) is 0 Å². The number of ether oxygens (including phenoxy) is 2. The first kappa shape index (κ1) is 20.9. The van der Waals surface area contributed by atoms with E-state index >= 15 is 0 Å². The molecule has 1 atom stereocenters. The Balaban J connectivity index is 1.78. The standard InChI is InChI=1S/C25H29NO3/c1-28-24-15-9-14-22(25(24)29-2)18-26(17-21-12-7-4-8-13-21)19-23(27)16-20-10-5-3-6-11-20/h3-15,23,27H,16-19H2,1-2H3. The molecule has 1 unspecified atom stereocenters. The van der Waals surface area contributed by atoms with Crippen molar-refractivity contribution in [2.45, 2.75) is 25.6 Å². The van der Waals surface area contributed by atoms with Crippen molar-refractivity contribution in [2.24, 2.45) is 0 Å². The number of aliphatic hydroxyl groups is 1. The summed E-state index contributed by atoms with van der Waals surface area (Å²) >= 11 is 0. The Bertz CT molecular complexity index is 868. The van der Waals surface area contributed by atoms with Gasteiger partial charge in [0, 0.05) is 25.2 Å². The highest BCUT2D eigenvalue weighted by atomic mass is 16.5. The number of hydrogen-bond acceptors (Lipinski definition) is 4. The lowest BCUT2D eigenvalue weighted by Gasteiger charge is -2.26. The van der Waals surface area contributed by atoms with Crippen molar-refractivity contribution >= 4 is 0 Å². The minimum Gasteiger partial charge on any atom is -0.493 e. The highest BCUT2D eigenvalue weighted by Crippen LogP contribution is 2.31. The van der Waals surface area contributed by atoms with Crippen molar-refractivity contribution in [3.05, 3.63) is 95.6 Å². The number of benzene rings is 3. The number of aliphatic hydroxyl groups excluding tert-OH is 1. The third kappa shape index (κ3) is 6.08. The van der Waals surface area contributed by atoms with E-state index < -0.39 is 6.10 Å². The Hall–Kier alpha value is -2.82. The summed E-state index contributed by atoms with van der Waals surface area (Å²) in [6.45, 7) is 1.96. The van der Waals surface area contributed by atoms with E-state index in [1.54, 1.807) is 14.2 Å². The van der Waals surface area contributed by atoms with Crippen LogP contribution in [-0.4, -0.2) is 36.9 Å². The van der Waals surface area contributed by atoms with Crippen molar-refractivity contribution in [2.75, 3.05) is 20.8 Å². The second kappa shape index (κ2) is 10.6. The zero-order valence-electron chi connectivity index (χ0n) is 17.1. The fraction of sp³-hybridized carbons (Fsp3) is 0.280. The lowest BCUT2D eigenvalue weighted by molar-refractivity contribution is 0.104. The molecule has 3 aromatic carbocycles. The molecule has 0 aliphatic heterocycles. The van der Waals surface area contributed by atoms with E-state index in [4.69, 9.17) is 9.47 Å². The van der Waals surface area contributed by atoms with Crippen molar-refractivity contribution in [3.63, 3.8) is 0 Å². The van der Waals surface area contributed by atoms with Crippen molar-refractivity contribution < 1.29 is 14.6 Å². The monoisotopic (exact) mass is 391 g/mol. The molecule has 3 rings (SSSR count). The molecule has 0 radical (unpaired) electrons. The van der Waals surface area contributed by atoms with Gasteiger partial charge in [-0.05, 0) is 23.6 Å². The van der Waals surface area contributed by atoms with Crippen LogP contribution in [0.2, 0.25) is 0 Å². The maximum Gasteiger partial charge on any atom is 0.165 e. The Morgan fingerprint density at radius 2 is 1.41 bits per heavy atom. The van der Waals surface area contributed by atoms with E-state index in [1.807, 2.05) is 54.6 Å². The molecule has 4 nitrogen and oxygen atoms in total. The van der Waals surface area contributed by atoms with Gasteiger partial charge >= 0.3 is 0 Å². The smallest absolute Gasteiger partial charge is 0.165 e. The molecule has 0 spiro atoms. The first-order chi connectivity index (χ1) is 14.2. The first-order valence-electron chi connectivity index (χ1n) is 9.87. The van der Waals surface area contributed by atoms with Gasteiger partial charge in [-0.3, -0.25) is 4.90 Å². The van der Waals surface area contributed by atoms with Crippen LogP contribution in [0.3, 0.4) is 0 Å². The normalized spacial score (nSPS) is 12.0. The molecule has 0 bridgehead atoms. The van der Waals surface area contributed by atoms with E-state index in [2.05, 4.69) is 29.2 Å². The van der Waals surface area contributed by atoms with Crippen LogP contribution in [0.15, 0.2) is 78.9 Å². The maximum absolute atomic E-state index is 10.8. The van der Waals surface area contributed by atoms with Gasteiger partial charge in [0.25, 0.3) is 0 Å². The van der Waals surface area contributed by atoms with Gasteiger partial charge in [-0.15, -0.1) is 0 Å². The summed E-state index contributed by atoms with van der Waals surface area (Å²) in [4.78, 5) is 2.25. The van der Waals surface area contributed by atoms with Gasteiger partial charge in [-0.2, -0.15) is 0 Å². The summed E-state index contributed by atoms with van der Waals surface area (Å²) in [7, 11) is 3.31. The molecule has 0 fully saturated rings. The second-order valence-corrected chi connectivity index (χ2v) is 7.15. The summed E-state index contributed by atoms with van der Waals surface area (Å²) < 4.78 is 11.0. The molecule has 0 amide bonds. The van der Waals surface area contributed by atoms with Gasteiger partial charge in [0.2, 0.25) is 0 Å². The summed E-state index contributed by atoms with van der Waals surface area (Å²) in [5.74, 6) is 1.46. The quantitative estimate of drug-likeness (QED) is 0.559. The van der Waals surface area contributed by atoms with Crippen LogP contribution in [0.25, 0.3) is 0 Å². The van der Waals surface area contributed by atoms with Gasteiger partial charge in [0.1, 0.15) is 0 Å². The highest BCUT2D eigenvalue weighted by Gasteiger charge is 2.17. The number of rotatable bonds is 10. The molecule has 0 aliphatic carbocycles. The van der Waals surface area contributed by atoms with Crippen LogP contribution < -0.4 is 9.47 Å². The lowest BCUT2D eigenvalue weighted by atomic mass is 10.1. The lowest BCUT2D eigenvalue weighted by Crippen LogP contribution is -2.33. The van der Waals surface area contributed by atoms with Gasteiger partial charge in [0.15, 0.2) is 11.5 Å². The maximum atomic E-state index is 10.8. The Kier molecular flexibility index (Phi) is 7.68. The van der Waals surface area contributed by atoms with E-state index in [0.29, 0.717) is 19.5 Å². The Morgan fingerprint density at radius 3 is 2.03 bits per heavy atom. The number of nitrogens with zero attached hydrogens (tertiary/aromatic N) is 1. The molecule has 3 aromatic rings. The van der Waals surface area contributed by atoms with Crippen LogP contribution in [0.5, 0.6) is 11.5 Å². The van der Waals surface area contributed by atoms with Crippen LogP contribution in [-0.2, 0) is 19.5 Å². The average Bonchev–Trinajstić information content (AvgIpc) is 2.74. The highest BCUT2D eigenvalue weighted by molar-refractivity contribution is 5.46. The fourth-order valence-electron chi connectivity index (χ4n) is 3.59. The first-order valence-corrected chi connectivity index (χ1v) is 9.87. The van der Waals surface area contributed by atoms with E-state index in [0.717, 1.165) is 29.2 Å². The van der Waals surface area contributed by atoms with Crippen molar-refractivity contribution in [1.29, 1.82) is 0 Å². The van der Waals surface area contributed by atoms with Gasteiger partial charge < -0.3 is 14.6 Å². The molecule has 0 aromatic heterocycles. The molecule has 0 heterocycles. The fourth-order valence-corrected chi connectivity index (χ4v) is 3.59. The zero-order chi connectivity index (χ0) is 20.5. The molecule has 4 heteroatoms. The molecular weight excluding hydrogens is 362 g/mol. The molecule has 152 valence electrons. The van der Waals surface area contributed by atoms with E-state index in [9.17, 15) is 5.11 Å². The summed E-state index contributed by atoms with van der Waals surface area (Å²) in [5, 5.41) is 10.8. The third-order valence-corrected chi connectivity index (χ3v) is 4.91.